The Labute approximate surface area is 455 Å². The average molecular weight is 1050 g/mol. The van der Waals surface area contributed by atoms with Crippen molar-refractivity contribution in [1.82, 2.24) is 56.0 Å². The summed E-state index contributed by atoms with van der Waals surface area (Å²) in [5.41, 5.74) is 0. The minimum absolute atomic E-state index is 0.0430. The summed E-state index contributed by atoms with van der Waals surface area (Å²) in [6.07, 6.45) is 35.8. The largest absolute Gasteiger partial charge is 0.355 e. The van der Waals surface area contributed by atoms with E-state index >= 15 is 0 Å². The van der Waals surface area contributed by atoms with Crippen LogP contribution in [0.2, 0.25) is 0 Å². The molecule has 0 saturated heterocycles. The number of nitrogens with zero attached hydrogens (tertiary/aromatic N) is 6. The molecule has 0 aromatic carbocycles. The van der Waals surface area contributed by atoms with Crippen LogP contribution in [0.1, 0.15) is 194 Å². The third kappa shape index (κ3) is 51.2. The van der Waals surface area contributed by atoms with Gasteiger partial charge in [-0.3, -0.25) is 38.7 Å². The fourth-order valence-electron chi connectivity index (χ4n) is 8.91. The first-order chi connectivity index (χ1) is 35.7. The Bertz CT molecular complexity index is 1260. The molecule has 0 aliphatic heterocycles. The van der Waals surface area contributed by atoms with Gasteiger partial charge in [-0.1, -0.05) is 181 Å². The molecule has 74 heavy (non-hydrogen) atoms. The fraction of sp³-hybridized carbons (Fsp3) is 0.914. The molecule has 0 aliphatic carbocycles. The van der Waals surface area contributed by atoms with Gasteiger partial charge >= 0.3 is 0 Å². The van der Waals surface area contributed by atoms with Crippen molar-refractivity contribution < 1.29 is 24.0 Å². The Balaban J connectivity index is 5.50. The molecule has 5 N–H and O–H groups in total. The van der Waals surface area contributed by atoms with Crippen LogP contribution >= 0.6 is 0 Å². The van der Waals surface area contributed by atoms with Gasteiger partial charge < -0.3 is 41.3 Å². The molecule has 16 heteroatoms. The Morgan fingerprint density at radius 3 is 0.662 bits per heavy atom. The van der Waals surface area contributed by atoms with Crippen LogP contribution < -0.4 is 26.6 Å². The summed E-state index contributed by atoms with van der Waals surface area (Å²) in [5, 5.41) is 15.2. The van der Waals surface area contributed by atoms with Crippen LogP contribution in [0.5, 0.6) is 0 Å². The number of hydrogen-bond acceptors (Lipinski definition) is 11. The van der Waals surface area contributed by atoms with Gasteiger partial charge in [0.1, 0.15) is 0 Å². The lowest BCUT2D eigenvalue weighted by Gasteiger charge is -2.29. The van der Waals surface area contributed by atoms with Gasteiger partial charge in [-0.05, 0) is 55.1 Å². The summed E-state index contributed by atoms with van der Waals surface area (Å²) in [4.78, 5) is 78.2. The summed E-state index contributed by atoms with van der Waals surface area (Å²) in [6.45, 7) is 11.1. The highest BCUT2D eigenvalue weighted by molar-refractivity contribution is 5.82. The summed E-state index contributed by atoms with van der Waals surface area (Å²) in [6, 6.07) is 0. The predicted octanol–water partition coefficient (Wildman–Crippen LogP) is 7.12. The first-order valence-electron chi connectivity index (χ1n) is 30.2. The van der Waals surface area contributed by atoms with Crippen molar-refractivity contribution in [2.24, 2.45) is 0 Å². The van der Waals surface area contributed by atoms with Crippen LogP contribution in [-0.4, -0.2) is 212 Å². The molecule has 0 bridgehead atoms. The Kier molecular flexibility index (Phi) is 50.1. The van der Waals surface area contributed by atoms with Crippen molar-refractivity contribution >= 4 is 29.5 Å². The number of rotatable bonds is 55. The van der Waals surface area contributed by atoms with Crippen molar-refractivity contribution in [3.8, 4) is 0 Å². The summed E-state index contributed by atoms with van der Waals surface area (Å²) in [7, 11) is 11.7. The van der Waals surface area contributed by atoms with Gasteiger partial charge in [0.05, 0.1) is 32.7 Å². The minimum Gasteiger partial charge on any atom is -0.355 e. The zero-order chi connectivity index (χ0) is 54.7. The van der Waals surface area contributed by atoms with E-state index in [9.17, 15) is 24.0 Å². The maximum Gasteiger partial charge on any atom is 0.234 e. The first-order valence-corrected chi connectivity index (χ1v) is 30.2. The van der Waals surface area contributed by atoms with Gasteiger partial charge in [0.15, 0.2) is 0 Å². The molecule has 0 aromatic heterocycles. The van der Waals surface area contributed by atoms with E-state index in [0.29, 0.717) is 78.5 Å². The van der Waals surface area contributed by atoms with Crippen LogP contribution in [0.3, 0.4) is 0 Å². The number of unbranched alkanes of at least 4 members (excludes halogenated alkanes) is 26. The fourth-order valence-corrected chi connectivity index (χ4v) is 8.91. The quantitative estimate of drug-likeness (QED) is 0.0394. The maximum atomic E-state index is 13.4. The zero-order valence-corrected chi connectivity index (χ0v) is 49.5. The molecule has 5 amide bonds. The Morgan fingerprint density at radius 2 is 0.432 bits per heavy atom. The molecule has 0 aromatic rings. The van der Waals surface area contributed by atoms with Crippen molar-refractivity contribution in [1.29, 1.82) is 0 Å². The minimum atomic E-state index is -0.161. The zero-order valence-electron chi connectivity index (χ0n) is 49.5. The standard InChI is InChI=1S/C58H119N11O5/c1-9-11-13-15-17-19-21-23-25-27-29-31-33-35-37-59-55(71)50-68(52-57(73)62-40-43-65(5)6)47-45-67(49-54(70)61-39-42-64(3)4)46-48-69(53-58(74)63-41-44-66(7)8)51-56(72)60-38-36-34-32-30-28-26-24-22-20-18-16-14-12-10-2/h9-53H2,1-8H3,(H,59,71)(H,60,72)(H,61,70)(H,62,73)(H,63,74). The van der Waals surface area contributed by atoms with Gasteiger partial charge in [0, 0.05) is 78.5 Å². The van der Waals surface area contributed by atoms with Crippen LogP contribution in [0.25, 0.3) is 0 Å². The number of carbonyl (C=O) groups is 5. The molecule has 0 spiro atoms. The van der Waals surface area contributed by atoms with Crippen LogP contribution in [0, 0.1) is 0 Å². The number of hydrogen-bond donors (Lipinski definition) is 5. The van der Waals surface area contributed by atoms with E-state index in [4.69, 9.17) is 0 Å². The van der Waals surface area contributed by atoms with Crippen LogP contribution in [0.4, 0.5) is 0 Å². The van der Waals surface area contributed by atoms with E-state index in [1.807, 2.05) is 71.7 Å². The Hall–Kier alpha value is -2.89. The maximum absolute atomic E-state index is 13.4. The van der Waals surface area contributed by atoms with E-state index in [1.165, 1.54) is 154 Å². The molecular weight excluding hydrogens is 931 g/mol. The second-order valence-electron chi connectivity index (χ2n) is 22.0. The van der Waals surface area contributed by atoms with Gasteiger partial charge in [0.25, 0.3) is 0 Å². The van der Waals surface area contributed by atoms with E-state index in [0.717, 1.165) is 25.7 Å². The molecule has 0 rings (SSSR count). The monoisotopic (exact) mass is 1050 g/mol. The molecule has 0 aliphatic rings. The van der Waals surface area contributed by atoms with Crippen molar-refractivity contribution in [2.45, 2.75) is 194 Å². The number of carbonyl (C=O) groups excluding carboxylic acids is 5. The summed E-state index contributed by atoms with van der Waals surface area (Å²) < 4.78 is 0. The molecular formula is C58H119N11O5. The Morgan fingerprint density at radius 1 is 0.243 bits per heavy atom. The number of amides is 5. The van der Waals surface area contributed by atoms with E-state index in [-0.39, 0.29) is 62.3 Å². The lowest BCUT2D eigenvalue weighted by atomic mass is 10.0. The number of likely N-dealkylation sites (N-methyl/N-ethyl adjacent to an activating group) is 3. The van der Waals surface area contributed by atoms with E-state index in [2.05, 4.69) is 40.4 Å². The van der Waals surface area contributed by atoms with Crippen molar-refractivity contribution in [3.05, 3.63) is 0 Å². The van der Waals surface area contributed by atoms with Crippen molar-refractivity contribution in [3.63, 3.8) is 0 Å². The van der Waals surface area contributed by atoms with Gasteiger partial charge in [-0.2, -0.15) is 0 Å². The second kappa shape index (κ2) is 52.2. The van der Waals surface area contributed by atoms with E-state index < -0.39 is 0 Å². The normalized spacial score (nSPS) is 11.7. The van der Waals surface area contributed by atoms with Gasteiger partial charge in [-0.15, -0.1) is 0 Å². The third-order valence-corrected chi connectivity index (χ3v) is 13.6. The number of nitrogens with one attached hydrogen (secondary N) is 5. The third-order valence-electron chi connectivity index (χ3n) is 13.6. The predicted molar refractivity (Wildman–Crippen MR) is 311 cm³/mol. The van der Waals surface area contributed by atoms with Crippen LogP contribution in [-0.2, 0) is 24.0 Å². The molecule has 16 nitrogen and oxygen atoms in total. The van der Waals surface area contributed by atoms with Crippen LogP contribution in [0.15, 0.2) is 0 Å². The SMILES string of the molecule is CCCCCCCCCCCCCCCCNC(=O)CN(CCN(CCN(CC(=O)NCCCCCCCCCCCCCCCC)CC(=O)NCCN(C)C)CC(=O)NCCN(C)C)CC(=O)NCCN(C)C. The summed E-state index contributed by atoms with van der Waals surface area (Å²) >= 11 is 0. The molecule has 0 radical (unpaired) electrons. The lowest BCUT2D eigenvalue weighted by Crippen LogP contribution is -2.50. The summed E-state index contributed by atoms with van der Waals surface area (Å²) in [5.74, 6) is -0.706. The lowest BCUT2D eigenvalue weighted by molar-refractivity contribution is -0.126. The molecule has 0 atom stereocenters. The highest BCUT2D eigenvalue weighted by Gasteiger charge is 2.21. The molecule has 436 valence electrons. The molecule has 0 fully saturated rings. The highest BCUT2D eigenvalue weighted by atomic mass is 16.2. The molecule has 0 heterocycles. The molecule has 0 unspecified atom stereocenters. The van der Waals surface area contributed by atoms with Gasteiger partial charge in [-0.25, -0.2) is 0 Å². The topological polar surface area (TPSA) is 165 Å². The smallest absolute Gasteiger partial charge is 0.234 e. The second-order valence-corrected chi connectivity index (χ2v) is 22.0. The van der Waals surface area contributed by atoms with Gasteiger partial charge in [0.2, 0.25) is 29.5 Å². The van der Waals surface area contributed by atoms with E-state index in [1.54, 1.807) is 0 Å². The van der Waals surface area contributed by atoms with Crippen molar-refractivity contribution in [2.75, 3.05) is 154 Å². The molecule has 0 saturated carbocycles. The first kappa shape index (κ1) is 71.1. The highest BCUT2D eigenvalue weighted by Crippen LogP contribution is 2.14. The average Bonchev–Trinajstić information content (AvgIpc) is 3.34.